The Balaban J connectivity index is 1.46. The first kappa shape index (κ1) is 52.8. The SMILES string of the molecule is CCC(C)[C@H](CC(=O)[C@@]1(NC(=O)[C@@H](CC(=O)Cc2ccccc2F)C(C)CC)CCc2[nH]c3c(C(F)(F)F)cccc3c2C1)C(=O)NCCCCOC(=O)OCCOCCOCCOC. The minimum atomic E-state index is -4.65. The van der Waals surface area contributed by atoms with E-state index < -0.39 is 52.8 Å². The molecule has 17 heteroatoms. The Hall–Kier alpha value is -4.87. The number of aromatic nitrogens is 1. The van der Waals surface area contributed by atoms with Crippen LogP contribution in [0.25, 0.3) is 10.9 Å². The number of para-hydroxylation sites is 1. The number of fused-ring (bicyclic) bond motifs is 3. The van der Waals surface area contributed by atoms with Gasteiger partial charge in [-0.15, -0.1) is 0 Å². The molecule has 2 unspecified atom stereocenters. The maximum atomic E-state index is 14.9. The fraction of sp³-hybridized carbons (Fsp3) is 0.604. The number of nitrogens with one attached hydrogen (secondary N) is 3. The van der Waals surface area contributed by atoms with E-state index in [2.05, 4.69) is 15.6 Å². The zero-order chi connectivity index (χ0) is 47.6. The second-order valence-corrected chi connectivity index (χ2v) is 16.8. The lowest BCUT2D eigenvalue weighted by Crippen LogP contribution is -2.60. The molecule has 360 valence electrons. The molecule has 3 aromatic rings. The summed E-state index contributed by atoms with van der Waals surface area (Å²) in [5, 5.41) is 6.20. The fourth-order valence-corrected chi connectivity index (χ4v) is 8.11. The van der Waals surface area contributed by atoms with Gasteiger partial charge < -0.3 is 39.3 Å². The van der Waals surface area contributed by atoms with Crippen molar-refractivity contribution in [3.8, 4) is 0 Å². The first-order chi connectivity index (χ1) is 31.0. The number of alkyl halides is 3. The molecule has 5 atom stereocenters. The zero-order valence-electron chi connectivity index (χ0n) is 38.2. The Morgan fingerprint density at radius 1 is 0.800 bits per heavy atom. The summed E-state index contributed by atoms with van der Waals surface area (Å²) >= 11 is 0. The van der Waals surface area contributed by atoms with Gasteiger partial charge in [-0.05, 0) is 60.8 Å². The van der Waals surface area contributed by atoms with Gasteiger partial charge >= 0.3 is 12.3 Å². The predicted octanol–water partition coefficient (Wildman–Crippen LogP) is 7.88. The molecule has 1 aliphatic rings. The Morgan fingerprint density at radius 3 is 2.11 bits per heavy atom. The summed E-state index contributed by atoms with van der Waals surface area (Å²) in [7, 11) is 1.58. The number of ether oxygens (including phenoxy) is 5. The third-order valence-corrected chi connectivity index (χ3v) is 12.4. The molecule has 0 bridgehead atoms. The van der Waals surface area contributed by atoms with Gasteiger partial charge in [0.25, 0.3) is 0 Å². The van der Waals surface area contributed by atoms with Gasteiger partial charge in [-0.25, -0.2) is 9.18 Å². The highest BCUT2D eigenvalue weighted by Gasteiger charge is 2.47. The van der Waals surface area contributed by atoms with Crippen LogP contribution in [0, 0.1) is 29.5 Å². The van der Waals surface area contributed by atoms with Gasteiger partial charge in [0.1, 0.15) is 23.7 Å². The van der Waals surface area contributed by atoms with Crippen LogP contribution in [0.1, 0.15) is 95.0 Å². The molecule has 2 amide bonds. The lowest BCUT2D eigenvalue weighted by atomic mass is 9.72. The second-order valence-electron chi connectivity index (χ2n) is 16.8. The summed E-state index contributed by atoms with van der Waals surface area (Å²) in [6.45, 7) is 9.52. The number of aryl methyl sites for hydroxylation is 1. The summed E-state index contributed by atoms with van der Waals surface area (Å²) in [6.07, 6.45) is -4.30. The van der Waals surface area contributed by atoms with Crippen LogP contribution < -0.4 is 10.6 Å². The van der Waals surface area contributed by atoms with E-state index in [-0.39, 0.29) is 105 Å². The summed E-state index contributed by atoms with van der Waals surface area (Å²) < 4.78 is 82.6. The van der Waals surface area contributed by atoms with E-state index in [4.69, 9.17) is 23.7 Å². The lowest BCUT2D eigenvalue weighted by Gasteiger charge is -2.39. The van der Waals surface area contributed by atoms with Crippen LogP contribution in [0.4, 0.5) is 22.4 Å². The van der Waals surface area contributed by atoms with E-state index in [9.17, 15) is 41.5 Å². The number of Topliss-reactive ketones (excluding diaryl/α,β-unsaturated/α-hetero) is 2. The molecular weight excluding hydrogens is 855 g/mol. The third-order valence-electron chi connectivity index (χ3n) is 12.4. The lowest BCUT2D eigenvalue weighted by molar-refractivity contribution is -0.139. The molecule has 0 saturated carbocycles. The van der Waals surface area contributed by atoms with E-state index in [0.717, 1.165) is 6.07 Å². The number of unbranched alkanes of at least 4 members (excludes halogenated alkanes) is 1. The predicted molar refractivity (Wildman–Crippen MR) is 234 cm³/mol. The van der Waals surface area contributed by atoms with Crippen molar-refractivity contribution in [1.82, 2.24) is 15.6 Å². The van der Waals surface area contributed by atoms with E-state index in [1.54, 1.807) is 19.2 Å². The van der Waals surface area contributed by atoms with Gasteiger partial charge in [-0.2, -0.15) is 13.2 Å². The molecule has 0 spiro atoms. The number of benzene rings is 2. The normalized spacial score (nSPS) is 16.8. The zero-order valence-corrected chi connectivity index (χ0v) is 38.2. The Kier molecular flexibility index (Phi) is 20.9. The van der Waals surface area contributed by atoms with Crippen LogP contribution in [0.2, 0.25) is 0 Å². The van der Waals surface area contributed by atoms with Gasteiger partial charge in [0.15, 0.2) is 5.78 Å². The highest BCUT2D eigenvalue weighted by Crippen LogP contribution is 2.41. The molecule has 4 rings (SSSR count). The number of carbonyl (C=O) groups excluding carboxylic acids is 5. The second kappa shape index (κ2) is 25.7. The van der Waals surface area contributed by atoms with Crippen molar-refractivity contribution in [2.45, 2.75) is 104 Å². The molecule has 13 nitrogen and oxygen atoms in total. The Morgan fingerprint density at radius 2 is 1.45 bits per heavy atom. The molecule has 0 radical (unpaired) electrons. The molecule has 2 aromatic carbocycles. The van der Waals surface area contributed by atoms with Gasteiger partial charge in [0, 0.05) is 62.3 Å². The first-order valence-corrected chi connectivity index (χ1v) is 22.6. The van der Waals surface area contributed by atoms with Gasteiger partial charge in [-0.1, -0.05) is 70.9 Å². The average molecular weight is 920 g/mol. The van der Waals surface area contributed by atoms with Crippen molar-refractivity contribution in [3.05, 3.63) is 70.7 Å². The number of ketones is 2. The minimum Gasteiger partial charge on any atom is -0.434 e. The van der Waals surface area contributed by atoms with E-state index in [1.165, 1.54) is 24.3 Å². The fourth-order valence-electron chi connectivity index (χ4n) is 8.11. The van der Waals surface area contributed by atoms with Crippen LogP contribution >= 0.6 is 0 Å². The maximum absolute atomic E-state index is 14.9. The number of hydrogen-bond acceptors (Lipinski definition) is 10. The van der Waals surface area contributed by atoms with Crippen molar-refractivity contribution in [2.75, 3.05) is 59.9 Å². The molecule has 1 aliphatic carbocycles. The van der Waals surface area contributed by atoms with Crippen molar-refractivity contribution < 1.29 is 65.2 Å². The number of halogens is 4. The largest absolute Gasteiger partial charge is 0.508 e. The number of rotatable bonds is 28. The summed E-state index contributed by atoms with van der Waals surface area (Å²) in [5.41, 5.74) is -1.42. The Labute approximate surface area is 378 Å². The molecule has 1 heterocycles. The quantitative estimate of drug-likeness (QED) is 0.0370. The van der Waals surface area contributed by atoms with Crippen LogP contribution in [-0.2, 0) is 68.3 Å². The Bertz CT molecular complexity index is 2040. The molecule has 0 aliphatic heterocycles. The number of amides is 2. The number of H-pyrrole nitrogens is 1. The van der Waals surface area contributed by atoms with Crippen LogP contribution in [0.15, 0.2) is 42.5 Å². The van der Waals surface area contributed by atoms with Crippen molar-refractivity contribution in [2.24, 2.45) is 23.7 Å². The van der Waals surface area contributed by atoms with Crippen LogP contribution in [-0.4, -0.2) is 100.0 Å². The van der Waals surface area contributed by atoms with Crippen molar-refractivity contribution in [3.63, 3.8) is 0 Å². The molecule has 1 aromatic heterocycles. The van der Waals surface area contributed by atoms with Crippen molar-refractivity contribution in [1.29, 1.82) is 0 Å². The number of aromatic amines is 1. The molecule has 0 fully saturated rings. The van der Waals surface area contributed by atoms with Gasteiger partial charge in [0.2, 0.25) is 11.8 Å². The first-order valence-electron chi connectivity index (χ1n) is 22.6. The topological polar surface area (TPSA) is 171 Å². The van der Waals surface area contributed by atoms with E-state index in [0.29, 0.717) is 63.4 Å². The molecular formula is C48H65F4N3O10. The van der Waals surface area contributed by atoms with E-state index in [1.807, 2.05) is 27.7 Å². The molecule has 65 heavy (non-hydrogen) atoms. The monoisotopic (exact) mass is 919 g/mol. The highest BCUT2D eigenvalue weighted by molar-refractivity contribution is 5.99. The third kappa shape index (κ3) is 15.3. The van der Waals surface area contributed by atoms with E-state index >= 15 is 0 Å². The van der Waals surface area contributed by atoms with Gasteiger partial charge in [-0.3, -0.25) is 19.2 Å². The average Bonchev–Trinajstić information content (AvgIpc) is 3.65. The minimum absolute atomic E-state index is 0.00473. The van der Waals surface area contributed by atoms with Crippen molar-refractivity contribution >= 4 is 40.4 Å². The summed E-state index contributed by atoms with van der Waals surface area (Å²) in [6, 6.07) is 9.74. The van der Waals surface area contributed by atoms with Crippen LogP contribution in [0.3, 0.4) is 0 Å². The van der Waals surface area contributed by atoms with Gasteiger partial charge in [0.05, 0.1) is 50.7 Å². The smallest absolute Gasteiger partial charge is 0.434 e. The highest BCUT2D eigenvalue weighted by atomic mass is 19.4. The number of methoxy groups -OCH3 is 1. The molecule has 0 saturated heterocycles. The summed E-state index contributed by atoms with van der Waals surface area (Å²) in [4.78, 5) is 71.6. The number of carbonyl (C=O) groups is 5. The molecule has 3 N–H and O–H groups in total. The van der Waals surface area contributed by atoms with Crippen LogP contribution in [0.5, 0.6) is 0 Å². The number of hydrogen-bond donors (Lipinski definition) is 3. The summed E-state index contributed by atoms with van der Waals surface area (Å²) in [5.74, 6) is -4.64. The standard InChI is InChI=1S/C48H65F4N3O10/c1-6-31(3)36(28-34(56)27-33-13-8-9-16-40(33)49)45(59)55-47(18-17-41-38(30-47)35-14-12-15-39(43(35)54-41)48(50,51)52)42(57)29-37(32(4)7-2)44(58)53-19-10-11-20-64-46(60)65-26-25-63-24-23-62-22-21-61-5/h8-9,12-16,31-32,36-37,54H,6-7,10-11,17-30H2,1-5H3,(H,53,58)(H,55,59)/t31?,32?,36-,37-,47+/m0/s1. The maximum Gasteiger partial charge on any atom is 0.508 e.